The maximum atomic E-state index is 12.5. The van der Waals surface area contributed by atoms with E-state index in [1.165, 1.54) is 10.3 Å². The van der Waals surface area contributed by atoms with Gasteiger partial charge in [0.15, 0.2) is 0 Å². The van der Waals surface area contributed by atoms with E-state index in [2.05, 4.69) is 49.3 Å². The predicted molar refractivity (Wildman–Crippen MR) is 124 cm³/mol. The van der Waals surface area contributed by atoms with Crippen LogP contribution in [-0.2, 0) is 14.5 Å². The quantitative estimate of drug-likeness (QED) is 0.525. The predicted octanol–water partition coefficient (Wildman–Crippen LogP) is 3.82. The lowest BCUT2D eigenvalue weighted by Gasteiger charge is -2.38. The molecule has 2 atom stereocenters. The van der Waals surface area contributed by atoms with Crippen LogP contribution in [0.2, 0.25) is 0 Å². The highest BCUT2D eigenvalue weighted by molar-refractivity contribution is 7.93. The Labute approximate surface area is 199 Å². The Balaban J connectivity index is 1.41. The lowest BCUT2D eigenvalue weighted by molar-refractivity contribution is -0.169. The van der Waals surface area contributed by atoms with Crippen LogP contribution in [0.1, 0.15) is 23.5 Å². The molecular weight excluding hydrogens is 489 g/mol. The molecule has 3 heterocycles. The van der Waals surface area contributed by atoms with E-state index in [9.17, 15) is 22.2 Å². The maximum absolute atomic E-state index is 12.5. The molecule has 1 amide bonds. The molecule has 2 aromatic heterocycles. The second-order valence-corrected chi connectivity index (χ2v) is 11.6. The van der Waals surface area contributed by atoms with Gasteiger partial charge in [-0.2, -0.15) is 13.2 Å². The molecule has 0 bridgehead atoms. The number of carbonyl (C=O) groups excluding carboxylic acids is 1. The minimum absolute atomic E-state index is 0.131. The molecule has 8 nitrogen and oxygen atoms in total. The number of carbonyl (C=O) groups is 1. The number of hydrogen-bond donors (Lipinski definition) is 0. The number of aromatic nitrogens is 3. The summed E-state index contributed by atoms with van der Waals surface area (Å²) in [7, 11) is -3.61. The van der Waals surface area contributed by atoms with Crippen molar-refractivity contribution in [2.75, 3.05) is 37.3 Å². The van der Waals surface area contributed by atoms with Crippen LogP contribution < -0.4 is 4.90 Å². The number of anilines is 1. The number of halogens is 3. The summed E-state index contributed by atoms with van der Waals surface area (Å²) in [5.74, 6) is -2.01. The van der Waals surface area contributed by atoms with E-state index in [4.69, 9.17) is 0 Å². The normalized spacial score (nSPS) is 18.0. The van der Waals surface area contributed by atoms with Gasteiger partial charge in [0.05, 0.1) is 29.8 Å². The number of hydrogen-bond acceptors (Lipinski definition) is 8. The van der Waals surface area contributed by atoms with Crippen LogP contribution >= 0.6 is 11.3 Å². The summed E-state index contributed by atoms with van der Waals surface area (Å²) >= 11 is 1.68. The van der Waals surface area contributed by atoms with Gasteiger partial charge in [0.2, 0.25) is 5.95 Å². The van der Waals surface area contributed by atoms with Crippen LogP contribution in [0.3, 0.4) is 0 Å². The molecule has 2 unspecified atom stereocenters. The van der Waals surface area contributed by atoms with E-state index in [0.717, 1.165) is 42.3 Å². The van der Waals surface area contributed by atoms with Gasteiger partial charge in [-0.15, -0.1) is 15.7 Å². The third kappa shape index (κ3) is 5.20. The molecule has 1 aliphatic heterocycles. The first-order valence-corrected chi connectivity index (χ1v) is 13.2. The maximum Gasteiger partial charge on any atom is 0.474 e. The number of benzene rings is 1. The van der Waals surface area contributed by atoms with Crippen LogP contribution in [0.4, 0.5) is 19.1 Å². The number of alkyl halides is 3. The summed E-state index contributed by atoms with van der Waals surface area (Å²) in [6.07, 6.45) is -1.89. The molecule has 34 heavy (non-hydrogen) atoms. The van der Waals surface area contributed by atoms with Crippen LogP contribution in [0.25, 0.3) is 10.2 Å². The second kappa shape index (κ2) is 9.19. The zero-order chi connectivity index (χ0) is 24.7. The molecule has 0 radical (unpaired) electrons. The molecule has 182 valence electrons. The number of piperazine rings is 1. The number of aryl methyl sites for hydroxylation is 1. The fourth-order valence-corrected chi connectivity index (χ4v) is 5.60. The highest BCUT2D eigenvalue weighted by Gasteiger charge is 2.39. The lowest BCUT2D eigenvalue weighted by Crippen LogP contribution is -2.47. The summed E-state index contributed by atoms with van der Waals surface area (Å²) < 4.78 is 53.8. The van der Waals surface area contributed by atoms with E-state index in [0.29, 0.717) is 19.0 Å². The summed E-state index contributed by atoms with van der Waals surface area (Å²) in [5, 5.41) is 1.04. The molecule has 1 aliphatic rings. The standard InChI is InChI=1S/C21H23F3N6O2S2/c1-13(15-4-5-18-17(10-15)27-14(2)33-18)29-6-8-30(9-7-29)20-25-11-16(12-26-20)34(3,32)28-19(31)21(22,23)24/h4-5,10-13H,6-9H2,1-3H3. The van der Waals surface area contributed by atoms with Crippen molar-refractivity contribution in [3.8, 4) is 0 Å². The van der Waals surface area contributed by atoms with Crippen molar-refractivity contribution in [2.24, 2.45) is 4.36 Å². The number of rotatable bonds is 4. The molecule has 0 N–H and O–H groups in total. The Morgan fingerprint density at radius 1 is 1.18 bits per heavy atom. The van der Waals surface area contributed by atoms with Crippen molar-refractivity contribution in [1.29, 1.82) is 0 Å². The third-order valence-corrected chi connectivity index (χ3v) is 8.25. The summed E-state index contributed by atoms with van der Waals surface area (Å²) in [6.45, 7) is 6.99. The average Bonchev–Trinajstić information content (AvgIpc) is 3.17. The average molecular weight is 513 g/mol. The van der Waals surface area contributed by atoms with Gasteiger partial charge < -0.3 is 4.90 Å². The van der Waals surface area contributed by atoms with Gasteiger partial charge in [0, 0.05) is 50.9 Å². The fraction of sp³-hybridized carbons (Fsp3) is 0.429. The van der Waals surface area contributed by atoms with Gasteiger partial charge in [-0.05, 0) is 31.5 Å². The van der Waals surface area contributed by atoms with E-state index in [-0.39, 0.29) is 10.9 Å². The highest BCUT2D eigenvalue weighted by atomic mass is 32.2. The minimum atomic E-state index is -5.18. The van der Waals surface area contributed by atoms with Crippen molar-refractivity contribution < 1.29 is 22.2 Å². The Morgan fingerprint density at radius 2 is 1.82 bits per heavy atom. The van der Waals surface area contributed by atoms with Gasteiger partial charge in [0.1, 0.15) is 0 Å². The minimum Gasteiger partial charge on any atom is -0.338 e. The molecule has 1 aromatic carbocycles. The van der Waals surface area contributed by atoms with Crippen LogP contribution in [-0.4, -0.2) is 68.6 Å². The van der Waals surface area contributed by atoms with Gasteiger partial charge in [-0.3, -0.25) is 9.69 Å². The number of amides is 1. The molecule has 0 aliphatic carbocycles. The number of thiazole rings is 1. The molecule has 0 saturated carbocycles. The van der Waals surface area contributed by atoms with Gasteiger partial charge in [-0.1, -0.05) is 6.07 Å². The molecular formula is C21H23F3N6O2S2. The summed E-state index contributed by atoms with van der Waals surface area (Å²) in [5.41, 5.74) is 2.21. The molecule has 3 aromatic rings. The Kier molecular flexibility index (Phi) is 6.62. The first kappa shape index (κ1) is 24.5. The van der Waals surface area contributed by atoms with E-state index in [1.807, 2.05) is 11.8 Å². The van der Waals surface area contributed by atoms with Crippen molar-refractivity contribution >= 4 is 43.1 Å². The molecule has 0 spiro atoms. The first-order chi connectivity index (χ1) is 15.9. The van der Waals surface area contributed by atoms with E-state index >= 15 is 0 Å². The van der Waals surface area contributed by atoms with Crippen LogP contribution in [0.15, 0.2) is 39.9 Å². The molecule has 13 heteroatoms. The van der Waals surface area contributed by atoms with Gasteiger partial charge >= 0.3 is 12.1 Å². The lowest BCUT2D eigenvalue weighted by atomic mass is 10.1. The zero-order valence-electron chi connectivity index (χ0n) is 18.7. The van der Waals surface area contributed by atoms with Crippen molar-refractivity contribution in [3.05, 3.63) is 41.2 Å². The Morgan fingerprint density at radius 3 is 2.44 bits per heavy atom. The van der Waals surface area contributed by atoms with Crippen LogP contribution in [0, 0.1) is 6.92 Å². The van der Waals surface area contributed by atoms with Crippen molar-refractivity contribution in [2.45, 2.75) is 31.0 Å². The Bertz CT molecular complexity index is 1320. The first-order valence-electron chi connectivity index (χ1n) is 10.5. The SMILES string of the molecule is Cc1nc2cc(C(C)N3CCN(c4ncc(S(C)(=O)=NC(=O)C(F)(F)F)cn4)CC3)ccc2s1. The molecule has 1 fully saturated rings. The Hall–Kier alpha value is -2.64. The van der Waals surface area contributed by atoms with Crippen LogP contribution in [0.5, 0.6) is 0 Å². The second-order valence-electron chi connectivity index (χ2n) is 8.07. The van der Waals surface area contributed by atoms with Crippen molar-refractivity contribution in [3.63, 3.8) is 0 Å². The topological polar surface area (TPSA) is 91.7 Å². The summed E-state index contributed by atoms with van der Waals surface area (Å²) in [6, 6.07) is 6.58. The summed E-state index contributed by atoms with van der Waals surface area (Å²) in [4.78, 5) is 28.2. The third-order valence-electron chi connectivity index (χ3n) is 5.70. The monoisotopic (exact) mass is 512 g/mol. The van der Waals surface area contributed by atoms with Gasteiger partial charge in [-0.25, -0.2) is 19.2 Å². The van der Waals surface area contributed by atoms with Crippen molar-refractivity contribution in [1.82, 2.24) is 19.9 Å². The van der Waals surface area contributed by atoms with E-state index in [1.54, 1.807) is 11.3 Å². The number of fused-ring (bicyclic) bond motifs is 1. The largest absolute Gasteiger partial charge is 0.474 e. The smallest absolute Gasteiger partial charge is 0.338 e. The van der Waals surface area contributed by atoms with Gasteiger partial charge in [0.25, 0.3) is 0 Å². The number of nitrogens with zero attached hydrogens (tertiary/aromatic N) is 6. The zero-order valence-corrected chi connectivity index (χ0v) is 20.4. The fourth-order valence-electron chi connectivity index (χ4n) is 3.77. The molecule has 4 rings (SSSR count). The highest BCUT2D eigenvalue weighted by Crippen LogP contribution is 2.28. The van der Waals surface area contributed by atoms with E-state index < -0.39 is 21.8 Å². The molecule has 1 saturated heterocycles.